The molecule has 1 aromatic heterocycles. The van der Waals surface area contributed by atoms with Gasteiger partial charge in [0.25, 0.3) is 0 Å². The number of rotatable bonds is 6. The molecule has 8 heteroatoms. The molecule has 3 rings (SSSR count). The third-order valence-electron chi connectivity index (χ3n) is 3.35. The van der Waals surface area contributed by atoms with Crippen LogP contribution in [0.25, 0.3) is 10.2 Å². The normalized spacial score (nSPS) is 10.8. The van der Waals surface area contributed by atoms with Crippen molar-refractivity contribution in [3.63, 3.8) is 0 Å². The molecular weight excluding hydrogens is 399 g/mol. The Labute approximate surface area is 163 Å². The van der Waals surface area contributed by atoms with Gasteiger partial charge < -0.3 is 10.1 Å². The molecule has 4 nitrogen and oxygen atoms in total. The Morgan fingerprint density at radius 3 is 2.60 bits per heavy atom. The van der Waals surface area contributed by atoms with Crippen LogP contribution in [0.15, 0.2) is 41.3 Å². The van der Waals surface area contributed by atoms with Crippen LogP contribution in [0.3, 0.4) is 0 Å². The van der Waals surface area contributed by atoms with Crippen LogP contribution in [-0.4, -0.2) is 23.8 Å². The number of fused-ring (bicyclic) bond motifs is 1. The maximum Gasteiger partial charge on any atom is 0.226 e. The van der Waals surface area contributed by atoms with Crippen LogP contribution in [0.4, 0.5) is 5.13 Å². The Kier molecular flexibility index (Phi) is 6.06. The summed E-state index contributed by atoms with van der Waals surface area (Å²) in [5.41, 5.74) is 0.613. The van der Waals surface area contributed by atoms with Crippen molar-refractivity contribution >= 4 is 67.6 Å². The standard InChI is InChI=1S/C17H14Cl2N2O2S2/c1-23-10-2-4-11(5-3-10)24-9-8-14(22)20-17-21-15-12(18)6-7-13(19)16(15)25-17/h2-7H,8-9H2,1H3,(H,20,21,22). The second kappa shape index (κ2) is 8.27. The predicted octanol–water partition coefficient (Wildman–Crippen LogP) is 5.73. The first kappa shape index (κ1) is 18.3. The van der Waals surface area contributed by atoms with Gasteiger partial charge in [-0.3, -0.25) is 4.79 Å². The quantitative estimate of drug-likeness (QED) is 0.524. The largest absolute Gasteiger partial charge is 0.497 e. The summed E-state index contributed by atoms with van der Waals surface area (Å²) in [6.07, 6.45) is 0.383. The van der Waals surface area contributed by atoms with Crippen LogP contribution < -0.4 is 10.1 Å². The molecule has 0 fully saturated rings. The first-order chi connectivity index (χ1) is 12.1. The minimum atomic E-state index is -0.0905. The van der Waals surface area contributed by atoms with E-state index in [0.717, 1.165) is 15.3 Å². The Morgan fingerprint density at radius 1 is 1.20 bits per heavy atom. The number of aromatic nitrogens is 1. The fourth-order valence-corrected chi connectivity index (χ4v) is 4.40. The van der Waals surface area contributed by atoms with E-state index < -0.39 is 0 Å². The van der Waals surface area contributed by atoms with E-state index in [1.165, 1.54) is 11.3 Å². The molecule has 0 saturated carbocycles. The number of carbonyl (C=O) groups is 1. The fourth-order valence-electron chi connectivity index (χ4n) is 2.11. The van der Waals surface area contributed by atoms with E-state index >= 15 is 0 Å². The van der Waals surface area contributed by atoms with E-state index in [2.05, 4.69) is 10.3 Å². The SMILES string of the molecule is COc1ccc(SCCC(=O)Nc2nc3c(Cl)ccc(Cl)c3s2)cc1. The lowest BCUT2D eigenvalue weighted by molar-refractivity contribution is -0.115. The van der Waals surface area contributed by atoms with Crippen molar-refractivity contribution in [1.29, 1.82) is 0 Å². The highest BCUT2D eigenvalue weighted by Crippen LogP contribution is 2.36. The van der Waals surface area contributed by atoms with Gasteiger partial charge in [-0.25, -0.2) is 4.98 Å². The van der Waals surface area contributed by atoms with Gasteiger partial charge in [0, 0.05) is 17.1 Å². The molecule has 2 aromatic carbocycles. The van der Waals surface area contributed by atoms with Crippen molar-refractivity contribution in [2.24, 2.45) is 0 Å². The number of anilines is 1. The molecule has 0 unspecified atom stereocenters. The van der Waals surface area contributed by atoms with Gasteiger partial charge in [-0.2, -0.15) is 0 Å². The number of thiazole rings is 1. The van der Waals surface area contributed by atoms with Crippen molar-refractivity contribution in [3.05, 3.63) is 46.4 Å². The highest BCUT2D eigenvalue weighted by atomic mass is 35.5. The maximum atomic E-state index is 12.1. The molecule has 25 heavy (non-hydrogen) atoms. The number of hydrogen-bond donors (Lipinski definition) is 1. The van der Waals surface area contributed by atoms with E-state index in [4.69, 9.17) is 27.9 Å². The van der Waals surface area contributed by atoms with Crippen LogP contribution in [0.1, 0.15) is 6.42 Å². The Balaban J connectivity index is 1.55. The fraction of sp³-hybridized carbons (Fsp3) is 0.176. The Bertz CT molecular complexity index is 859. The molecule has 3 aromatic rings. The summed E-state index contributed by atoms with van der Waals surface area (Å²) in [6.45, 7) is 0. The molecule has 0 spiro atoms. The zero-order chi connectivity index (χ0) is 17.8. The lowest BCUT2D eigenvalue weighted by atomic mass is 10.3. The molecule has 0 bridgehead atoms. The Hall–Kier alpha value is -1.47. The summed E-state index contributed by atoms with van der Waals surface area (Å²) in [5, 5.41) is 4.41. The van der Waals surface area contributed by atoms with E-state index in [1.807, 2.05) is 24.3 Å². The number of ether oxygens (including phenoxy) is 1. The van der Waals surface area contributed by atoms with Crippen molar-refractivity contribution in [2.75, 3.05) is 18.2 Å². The number of carbonyl (C=O) groups excluding carboxylic acids is 1. The number of nitrogens with zero attached hydrogens (tertiary/aromatic N) is 1. The summed E-state index contributed by atoms with van der Waals surface area (Å²) < 4.78 is 5.90. The van der Waals surface area contributed by atoms with Crippen LogP contribution in [0.2, 0.25) is 10.0 Å². The van der Waals surface area contributed by atoms with Gasteiger partial charge in [0.2, 0.25) is 5.91 Å². The number of methoxy groups -OCH3 is 1. The monoisotopic (exact) mass is 412 g/mol. The highest BCUT2D eigenvalue weighted by molar-refractivity contribution is 7.99. The van der Waals surface area contributed by atoms with E-state index in [-0.39, 0.29) is 5.91 Å². The van der Waals surface area contributed by atoms with Gasteiger partial charge in [0.1, 0.15) is 11.3 Å². The van der Waals surface area contributed by atoms with Gasteiger partial charge in [-0.1, -0.05) is 34.5 Å². The molecule has 0 aliphatic heterocycles. The molecule has 130 valence electrons. The number of benzene rings is 2. The molecule has 1 heterocycles. The van der Waals surface area contributed by atoms with Gasteiger partial charge in [0.05, 0.1) is 21.9 Å². The topological polar surface area (TPSA) is 51.2 Å². The molecule has 0 atom stereocenters. The predicted molar refractivity (Wildman–Crippen MR) is 107 cm³/mol. The first-order valence-electron chi connectivity index (χ1n) is 7.38. The number of amides is 1. The molecule has 0 radical (unpaired) electrons. The van der Waals surface area contributed by atoms with E-state index in [0.29, 0.717) is 32.9 Å². The summed E-state index contributed by atoms with van der Waals surface area (Å²) in [4.78, 5) is 17.5. The molecule has 1 amide bonds. The van der Waals surface area contributed by atoms with Crippen LogP contribution >= 0.6 is 46.3 Å². The zero-order valence-electron chi connectivity index (χ0n) is 13.2. The highest BCUT2D eigenvalue weighted by Gasteiger charge is 2.12. The second-order valence-corrected chi connectivity index (χ2v) is 8.03. The average molecular weight is 413 g/mol. The van der Waals surface area contributed by atoms with Gasteiger partial charge in [-0.15, -0.1) is 11.8 Å². The van der Waals surface area contributed by atoms with Gasteiger partial charge in [-0.05, 0) is 36.4 Å². The van der Waals surface area contributed by atoms with Crippen LogP contribution in [0.5, 0.6) is 5.75 Å². The maximum absolute atomic E-state index is 12.1. The van der Waals surface area contributed by atoms with Crippen molar-refractivity contribution in [3.8, 4) is 5.75 Å². The van der Waals surface area contributed by atoms with Crippen molar-refractivity contribution in [2.45, 2.75) is 11.3 Å². The summed E-state index contributed by atoms with van der Waals surface area (Å²) in [5.74, 6) is 1.40. The van der Waals surface area contributed by atoms with E-state index in [1.54, 1.807) is 31.0 Å². The summed E-state index contributed by atoms with van der Waals surface area (Å²) in [6, 6.07) is 11.2. The lowest BCUT2D eigenvalue weighted by Gasteiger charge is -2.04. The molecular formula is C17H14Cl2N2O2S2. The van der Waals surface area contributed by atoms with Crippen molar-refractivity contribution in [1.82, 2.24) is 4.98 Å². The van der Waals surface area contributed by atoms with Crippen LogP contribution in [-0.2, 0) is 4.79 Å². The third kappa shape index (κ3) is 4.58. The summed E-state index contributed by atoms with van der Waals surface area (Å²) >= 11 is 15.2. The van der Waals surface area contributed by atoms with Crippen molar-refractivity contribution < 1.29 is 9.53 Å². The Morgan fingerprint density at radius 2 is 1.92 bits per heavy atom. The summed E-state index contributed by atoms with van der Waals surface area (Å²) in [7, 11) is 1.63. The lowest BCUT2D eigenvalue weighted by Crippen LogP contribution is -2.11. The third-order valence-corrected chi connectivity index (χ3v) is 6.10. The number of nitrogens with one attached hydrogen (secondary N) is 1. The molecule has 1 N–H and O–H groups in total. The number of hydrogen-bond acceptors (Lipinski definition) is 5. The second-order valence-electron chi connectivity index (χ2n) is 5.05. The van der Waals surface area contributed by atoms with Gasteiger partial charge >= 0.3 is 0 Å². The average Bonchev–Trinajstić information content (AvgIpc) is 3.04. The smallest absolute Gasteiger partial charge is 0.226 e. The molecule has 0 aliphatic rings. The minimum Gasteiger partial charge on any atom is -0.497 e. The van der Waals surface area contributed by atoms with Gasteiger partial charge in [0.15, 0.2) is 5.13 Å². The van der Waals surface area contributed by atoms with Crippen LogP contribution in [0, 0.1) is 0 Å². The number of thioether (sulfide) groups is 1. The molecule has 0 saturated heterocycles. The number of halogens is 2. The molecule has 0 aliphatic carbocycles. The first-order valence-corrected chi connectivity index (χ1v) is 9.94. The minimum absolute atomic E-state index is 0.0905. The zero-order valence-corrected chi connectivity index (χ0v) is 16.4. The van der Waals surface area contributed by atoms with E-state index in [9.17, 15) is 4.79 Å².